The van der Waals surface area contributed by atoms with Gasteiger partial charge in [-0.05, 0) is 60.3 Å². The lowest BCUT2D eigenvalue weighted by molar-refractivity contribution is -0.135. The summed E-state index contributed by atoms with van der Waals surface area (Å²) in [6, 6.07) is 2.04. The lowest BCUT2D eigenvalue weighted by Gasteiger charge is -2.33. The van der Waals surface area contributed by atoms with Gasteiger partial charge in [0.15, 0.2) is 0 Å². The second-order valence-corrected chi connectivity index (χ2v) is 6.89. The minimum absolute atomic E-state index is 0.128. The van der Waals surface area contributed by atoms with Crippen molar-refractivity contribution >= 4 is 5.97 Å². The van der Waals surface area contributed by atoms with E-state index >= 15 is 0 Å². The van der Waals surface area contributed by atoms with Crippen molar-refractivity contribution in [2.24, 2.45) is 11.3 Å². The van der Waals surface area contributed by atoms with E-state index in [1.807, 2.05) is 24.5 Å². The molecule has 1 aromatic rings. The van der Waals surface area contributed by atoms with Crippen molar-refractivity contribution in [3.8, 4) is 0 Å². The van der Waals surface area contributed by atoms with E-state index in [1.165, 1.54) is 5.56 Å². The Hall–Kier alpha value is -2.03. The lowest BCUT2D eigenvalue weighted by Crippen LogP contribution is -2.24. The molecule has 0 aromatic carbocycles. The van der Waals surface area contributed by atoms with Crippen LogP contribution in [0.1, 0.15) is 38.7 Å². The topological polar surface area (TPSA) is 39.4 Å². The van der Waals surface area contributed by atoms with Gasteiger partial charge in [0.05, 0.1) is 18.1 Å². The molecule has 1 aromatic heterocycles. The Morgan fingerprint density at radius 1 is 1.35 bits per heavy atom. The first-order valence-corrected chi connectivity index (χ1v) is 8.34. The summed E-state index contributed by atoms with van der Waals surface area (Å²) in [5.74, 6) is 0.349. The molecule has 23 heavy (non-hydrogen) atoms. The highest BCUT2D eigenvalue weighted by molar-refractivity contribution is 5.94. The summed E-state index contributed by atoms with van der Waals surface area (Å²) in [5, 5.41) is 0. The predicted molar refractivity (Wildman–Crippen MR) is 89.8 cm³/mol. The Kier molecular flexibility index (Phi) is 4.56. The maximum atomic E-state index is 11.8. The molecule has 1 aliphatic carbocycles. The van der Waals surface area contributed by atoms with E-state index in [2.05, 4.69) is 26.0 Å². The van der Waals surface area contributed by atoms with Crippen LogP contribution in [0.15, 0.2) is 58.5 Å². The molecular formula is C20H24O3. The fourth-order valence-corrected chi connectivity index (χ4v) is 3.34. The molecule has 3 heteroatoms. The smallest absolute Gasteiger partial charge is 0.338 e. The van der Waals surface area contributed by atoms with Crippen LogP contribution in [0.2, 0.25) is 0 Å². The normalized spacial score (nSPS) is 27.9. The van der Waals surface area contributed by atoms with E-state index in [-0.39, 0.29) is 11.4 Å². The third-order valence-corrected chi connectivity index (χ3v) is 5.37. The molecule has 0 amide bonds. The molecule has 0 unspecified atom stereocenters. The van der Waals surface area contributed by atoms with Crippen LogP contribution in [-0.4, -0.2) is 12.6 Å². The molecule has 3 rings (SSSR count). The van der Waals surface area contributed by atoms with Crippen LogP contribution in [-0.2, 0) is 16.0 Å². The average molecular weight is 312 g/mol. The molecule has 0 saturated heterocycles. The average Bonchev–Trinajstić information content (AvgIpc) is 3.17. The van der Waals surface area contributed by atoms with Gasteiger partial charge in [0.1, 0.15) is 6.61 Å². The fraction of sp³-hybridized carbons (Fsp3) is 0.450. The number of rotatable bonds is 3. The third kappa shape index (κ3) is 3.49. The molecule has 1 aliphatic heterocycles. The summed E-state index contributed by atoms with van der Waals surface area (Å²) >= 11 is 0. The third-order valence-electron chi connectivity index (χ3n) is 5.37. The quantitative estimate of drug-likeness (QED) is 0.765. The molecule has 0 saturated carbocycles. The summed E-state index contributed by atoms with van der Waals surface area (Å²) in [5.41, 5.74) is 3.28. The number of esters is 1. The van der Waals surface area contributed by atoms with Gasteiger partial charge in [-0.1, -0.05) is 32.1 Å². The Labute approximate surface area is 137 Å². The molecule has 122 valence electrons. The number of aryl methyl sites for hydroxylation is 1. The summed E-state index contributed by atoms with van der Waals surface area (Å²) in [7, 11) is 0. The maximum Gasteiger partial charge on any atom is 0.338 e. The number of furan rings is 1. The Morgan fingerprint density at radius 3 is 3.00 bits per heavy atom. The number of hydrogen-bond acceptors (Lipinski definition) is 3. The van der Waals surface area contributed by atoms with Gasteiger partial charge in [0, 0.05) is 0 Å². The number of carbonyl (C=O) groups is 1. The standard InChI is InChI=1S/C20H24O3/c1-15-6-7-17-14-23-19(21)18(17)5-3-4-10-20(15,2)11-8-16-9-12-22-13-16/h3-5,9-10,12-13,15H,6-8,11,14H2,1-2H3/t15-,20+/m1/s1. The van der Waals surface area contributed by atoms with Gasteiger partial charge >= 0.3 is 5.97 Å². The van der Waals surface area contributed by atoms with Crippen molar-refractivity contribution in [2.45, 2.75) is 39.5 Å². The fourth-order valence-electron chi connectivity index (χ4n) is 3.34. The van der Waals surface area contributed by atoms with E-state index in [1.54, 1.807) is 6.26 Å². The van der Waals surface area contributed by atoms with Gasteiger partial charge in [0.2, 0.25) is 0 Å². The molecule has 2 heterocycles. The van der Waals surface area contributed by atoms with Crippen molar-refractivity contribution < 1.29 is 13.9 Å². The molecule has 0 N–H and O–H groups in total. The predicted octanol–water partition coefficient (Wildman–Crippen LogP) is 4.61. The van der Waals surface area contributed by atoms with Crippen molar-refractivity contribution in [1.82, 2.24) is 0 Å². The van der Waals surface area contributed by atoms with Gasteiger partial charge in [-0.3, -0.25) is 0 Å². The van der Waals surface area contributed by atoms with Gasteiger partial charge in [-0.15, -0.1) is 0 Å². The molecule has 0 fully saturated rings. The number of ether oxygens (including phenoxy) is 1. The van der Waals surface area contributed by atoms with Crippen LogP contribution in [0, 0.1) is 11.3 Å². The molecule has 3 nitrogen and oxygen atoms in total. The molecule has 2 aliphatic rings. The SMILES string of the molecule is C[C@@H]1CCC2=C(C=CC=C[C@@]1(C)CCc1ccoc1)C(=O)OC2. The van der Waals surface area contributed by atoms with Crippen LogP contribution >= 0.6 is 0 Å². The zero-order valence-corrected chi connectivity index (χ0v) is 13.9. The summed E-state index contributed by atoms with van der Waals surface area (Å²) in [4.78, 5) is 11.8. The lowest BCUT2D eigenvalue weighted by atomic mass is 9.71. The first kappa shape index (κ1) is 15.9. The number of cyclic esters (lactones) is 1. The highest BCUT2D eigenvalue weighted by Gasteiger charge is 2.30. The van der Waals surface area contributed by atoms with Crippen LogP contribution < -0.4 is 0 Å². The van der Waals surface area contributed by atoms with Gasteiger partial charge in [-0.25, -0.2) is 4.79 Å². The summed E-state index contributed by atoms with van der Waals surface area (Å²) in [6.07, 6.45) is 15.9. The van der Waals surface area contributed by atoms with E-state index < -0.39 is 0 Å². The molecular weight excluding hydrogens is 288 g/mol. The minimum Gasteiger partial charge on any atom is -0.472 e. The Balaban J connectivity index is 1.76. The number of hydrogen-bond donors (Lipinski definition) is 0. The van der Waals surface area contributed by atoms with E-state index in [0.29, 0.717) is 12.5 Å². The highest BCUT2D eigenvalue weighted by atomic mass is 16.5. The van der Waals surface area contributed by atoms with E-state index in [0.717, 1.165) is 36.8 Å². The number of carbonyl (C=O) groups excluding carboxylic acids is 1. The van der Waals surface area contributed by atoms with Gasteiger partial charge in [0.25, 0.3) is 0 Å². The minimum atomic E-state index is -0.180. The second-order valence-electron chi connectivity index (χ2n) is 6.89. The molecule has 0 bridgehead atoms. The van der Waals surface area contributed by atoms with Crippen molar-refractivity contribution in [3.05, 3.63) is 59.6 Å². The van der Waals surface area contributed by atoms with E-state index in [4.69, 9.17) is 9.15 Å². The first-order valence-electron chi connectivity index (χ1n) is 8.34. The maximum absolute atomic E-state index is 11.8. The van der Waals surface area contributed by atoms with Crippen LogP contribution in [0.4, 0.5) is 0 Å². The summed E-state index contributed by atoms with van der Waals surface area (Å²) in [6.45, 7) is 5.10. The number of allylic oxidation sites excluding steroid dienone is 3. The van der Waals surface area contributed by atoms with Crippen molar-refractivity contribution in [3.63, 3.8) is 0 Å². The van der Waals surface area contributed by atoms with Crippen LogP contribution in [0.3, 0.4) is 0 Å². The van der Waals surface area contributed by atoms with Gasteiger partial charge < -0.3 is 9.15 Å². The summed E-state index contributed by atoms with van der Waals surface area (Å²) < 4.78 is 10.3. The van der Waals surface area contributed by atoms with Crippen molar-refractivity contribution in [2.75, 3.05) is 6.61 Å². The second kappa shape index (κ2) is 6.61. The van der Waals surface area contributed by atoms with Crippen LogP contribution in [0.25, 0.3) is 0 Å². The molecule has 0 radical (unpaired) electrons. The first-order chi connectivity index (χ1) is 11.1. The largest absolute Gasteiger partial charge is 0.472 e. The zero-order chi connectivity index (χ0) is 16.3. The Bertz CT molecular complexity index is 648. The molecule has 0 spiro atoms. The van der Waals surface area contributed by atoms with Gasteiger partial charge in [-0.2, -0.15) is 0 Å². The van der Waals surface area contributed by atoms with E-state index in [9.17, 15) is 4.79 Å². The van der Waals surface area contributed by atoms with Crippen molar-refractivity contribution in [1.29, 1.82) is 0 Å². The monoisotopic (exact) mass is 312 g/mol. The molecule has 2 atom stereocenters. The van der Waals surface area contributed by atoms with Crippen LogP contribution in [0.5, 0.6) is 0 Å². The zero-order valence-electron chi connectivity index (χ0n) is 13.9. The highest BCUT2D eigenvalue weighted by Crippen LogP contribution is 2.39. The Morgan fingerprint density at radius 2 is 2.22 bits per heavy atom.